The first-order chi connectivity index (χ1) is 11.4. The quantitative estimate of drug-likeness (QED) is 0.414. The van der Waals surface area contributed by atoms with Crippen LogP contribution in [0.3, 0.4) is 0 Å². The lowest BCUT2D eigenvalue weighted by atomic mass is 9.80. The van der Waals surface area contributed by atoms with Gasteiger partial charge in [-0.25, -0.2) is 0 Å². The third kappa shape index (κ3) is 11.5. The fourth-order valence-electron chi connectivity index (χ4n) is 4.56. The molecular formula is C24H48. The van der Waals surface area contributed by atoms with E-state index in [1.807, 2.05) is 0 Å². The lowest BCUT2D eigenvalue weighted by Crippen LogP contribution is -2.12. The Kier molecular flexibility index (Phi) is 11.4. The minimum Gasteiger partial charge on any atom is -0.0625 e. The van der Waals surface area contributed by atoms with Crippen LogP contribution in [0.2, 0.25) is 0 Å². The zero-order valence-corrected chi connectivity index (χ0v) is 17.8. The van der Waals surface area contributed by atoms with Crippen LogP contribution in [0.1, 0.15) is 131 Å². The molecule has 1 aliphatic rings. The Bertz CT molecular complexity index is 290. The maximum absolute atomic E-state index is 2.51. The summed E-state index contributed by atoms with van der Waals surface area (Å²) in [5.41, 5.74) is 0.567. The van der Waals surface area contributed by atoms with Crippen molar-refractivity contribution in [2.45, 2.75) is 131 Å². The fraction of sp³-hybridized carbons (Fsp3) is 1.00. The van der Waals surface area contributed by atoms with Gasteiger partial charge in [-0.2, -0.15) is 0 Å². The summed E-state index contributed by atoms with van der Waals surface area (Å²) in [5, 5.41) is 0. The Morgan fingerprint density at radius 1 is 0.458 bits per heavy atom. The first-order valence-electron chi connectivity index (χ1n) is 11.4. The molecule has 0 amide bonds. The van der Waals surface area contributed by atoms with Gasteiger partial charge in [0.2, 0.25) is 0 Å². The second-order valence-corrected chi connectivity index (χ2v) is 10.2. The molecule has 0 N–H and O–H groups in total. The predicted octanol–water partition coefficient (Wildman–Crippen LogP) is 8.79. The molecule has 0 spiro atoms. The van der Waals surface area contributed by atoms with Crippen LogP contribution >= 0.6 is 0 Å². The van der Waals surface area contributed by atoms with Crippen molar-refractivity contribution in [3.05, 3.63) is 0 Å². The number of hydrogen-bond acceptors (Lipinski definition) is 0. The van der Waals surface area contributed by atoms with Gasteiger partial charge >= 0.3 is 0 Å². The third-order valence-corrected chi connectivity index (χ3v) is 6.64. The van der Waals surface area contributed by atoms with Gasteiger partial charge in [-0.15, -0.1) is 0 Å². The minimum atomic E-state index is 0.567. The average Bonchev–Trinajstić information content (AvgIpc) is 2.50. The highest BCUT2D eigenvalue weighted by atomic mass is 14.2. The third-order valence-electron chi connectivity index (χ3n) is 6.64. The molecule has 0 bridgehead atoms. The molecule has 0 heterocycles. The van der Waals surface area contributed by atoms with Crippen LogP contribution in [0.4, 0.5) is 0 Å². The first kappa shape index (κ1) is 22.0. The van der Waals surface area contributed by atoms with Crippen LogP contribution in [0, 0.1) is 23.2 Å². The van der Waals surface area contributed by atoms with Gasteiger partial charge in [-0.3, -0.25) is 0 Å². The molecular weight excluding hydrogens is 288 g/mol. The molecule has 0 aliphatic heterocycles. The number of rotatable bonds is 0. The molecule has 1 rings (SSSR count). The Labute approximate surface area is 154 Å². The lowest BCUT2D eigenvalue weighted by Gasteiger charge is -2.26. The normalized spacial score (nSPS) is 33.1. The average molecular weight is 337 g/mol. The summed E-state index contributed by atoms with van der Waals surface area (Å²) in [6.45, 7) is 12.5. The summed E-state index contributed by atoms with van der Waals surface area (Å²) in [6, 6.07) is 0. The summed E-state index contributed by atoms with van der Waals surface area (Å²) in [7, 11) is 0. The van der Waals surface area contributed by atoms with Crippen LogP contribution in [0.25, 0.3) is 0 Å². The van der Waals surface area contributed by atoms with E-state index in [2.05, 4.69) is 34.6 Å². The molecule has 0 aromatic rings. The van der Waals surface area contributed by atoms with Crippen LogP contribution < -0.4 is 0 Å². The zero-order valence-electron chi connectivity index (χ0n) is 17.8. The minimum absolute atomic E-state index is 0.567. The molecule has 0 aromatic carbocycles. The van der Waals surface area contributed by atoms with E-state index in [-0.39, 0.29) is 0 Å². The van der Waals surface area contributed by atoms with Crippen molar-refractivity contribution in [3.63, 3.8) is 0 Å². The van der Waals surface area contributed by atoms with E-state index in [1.54, 1.807) is 0 Å². The summed E-state index contributed by atoms with van der Waals surface area (Å²) in [4.78, 5) is 0. The van der Waals surface area contributed by atoms with Crippen molar-refractivity contribution >= 4 is 0 Å². The largest absolute Gasteiger partial charge is 0.0625 e. The second-order valence-electron chi connectivity index (χ2n) is 10.2. The van der Waals surface area contributed by atoms with E-state index in [1.165, 1.54) is 96.3 Å². The number of hydrogen-bond donors (Lipinski definition) is 0. The van der Waals surface area contributed by atoms with Gasteiger partial charge in [-0.05, 0) is 36.0 Å². The van der Waals surface area contributed by atoms with Gasteiger partial charge in [0.15, 0.2) is 0 Å². The molecule has 24 heavy (non-hydrogen) atoms. The molecule has 3 unspecified atom stereocenters. The van der Waals surface area contributed by atoms with Gasteiger partial charge < -0.3 is 0 Å². The summed E-state index contributed by atoms with van der Waals surface area (Å²) < 4.78 is 0. The van der Waals surface area contributed by atoms with Crippen molar-refractivity contribution in [1.82, 2.24) is 0 Å². The lowest BCUT2D eigenvalue weighted by molar-refractivity contribution is 0.266. The molecule has 144 valence electrons. The van der Waals surface area contributed by atoms with Gasteiger partial charge in [0.25, 0.3) is 0 Å². The first-order valence-corrected chi connectivity index (χ1v) is 11.4. The second kappa shape index (κ2) is 12.4. The van der Waals surface area contributed by atoms with Crippen LogP contribution in [0.5, 0.6) is 0 Å². The molecule has 0 nitrogen and oxygen atoms in total. The van der Waals surface area contributed by atoms with Gasteiger partial charge in [0.1, 0.15) is 0 Å². The molecule has 1 aliphatic carbocycles. The molecule has 0 aromatic heterocycles. The van der Waals surface area contributed by atoms with Crippen molar-refractivity contribution in [2.24, 2.45) is 23.2 Å². The van der Waals surface area contributed by atoms with Gasteiger partial charge in [0.05, 0.1) is 0 Å². The molecule has 0 saturated heterocycles. The summed E-state index contributed by atoms with van der Waals surface area (Å²) >= 11 is 0. The van der Waals surface area contributed by atoms with E-state index in [0.717, 1.165) is 17.8 Å². The molecule has 3 atom stereocenters. The molecule has 1 fully saturated rings. The van der Waals surface area contributed by atoms with Crippen LogP contribution in [-0.2, 0) is 0 Å². The highest BCUT2D eigenvalue weighted by Gasteiger charge is 2.18. The fourth-order valence-corrected chi connectivity index (χ4v) is 4.56. The molecule has 1 saturated carbocycles. The van der Waals surface area contributed by atoms with Gasteiger partial charge in [-0.1, -0.05) is 118 Å². The topological polar surface area (TPSA) is 0 Å². The highest BCUT2D eigenvalue weighted by molar-refractivity contribution is 4.70. The Hall–Kier alpha value is 0. The van der Waals surface area contributed by atoms with E-state index in [4.69, 9.17) is 0 Å². The standard InChI is InChI=1S/C24H48/c1-21-13-7-6-8-14-22(2)17-11-19-24(4,5)20-12-18-23(3)16-10-9-15-21/h21-23H,6-20H2,1-5H3. The van der Waals surface area contributed by atoms with Crippen LogP contribution in [-0.4, -0.2) is 0 Å². The monoisotopic (exact) mass is 336 g/mol. The summed E-state index contributed by atoms with van der Waals surface area (Å²) in [5.74, 6) is 2.85. The Balaban J connectivity index is 2.40. The van der Waals surface area contributed by atoms with E-state index in [9.17, 15) is 0 Å². The molecule has 0 radical (unpaired) electrons. The SMILES string of the molecule is CC1CCCCCC(C)CCCC(C)(C)CCCC(C)CCCC1. The Morgan fingerprint density at radius 3 is 1.12 bits per heavy atom. The van der Waals surface area contributed by atoms with E-state index in [0.29, 0.717) is 5.41 Å². The maximum Gasteiger partial charge on any atom is -0.0354 e. The zero-order chi connectivity index (χ0) is 17.8. The van der Waals surface area contributed by atoms with Crippen molar-refractivity contribution < 1.29 is 0 Å². The van der Waals surface area contributed by atoms with E-state index >= 15 is 0 Å². The maximum atomic E-state index is 2.51. The Morgan fingerprint density at radius 2 is 0.750 bits per heavy atom. The van der Waals surface area contributed by atoms with Gasteiger partial charge in [0, 0.05) is 0 Å². The van der Waals surface area contributed by atoms with Crippen molar-refractivity contribution in [2.75, 3.05) is 0 Å². The molecule has 0 heteroatoms. The predicted molar refractivity (Wildman–Crippen MR) is 111 cm³/mol. The smallest absolute Gasteiger partial charge is 0.0354 e. The van der Waals surface area contributed by atoms with E-state index < -0.39 is 0 Å². The highest BCUT2D eigenvalue weighted by Crippen LogP contribution is 2.32. The summed E-state index contributed by atoms with van der Waals surface area (Å²) in [6.07, 6.45) is 21.9. The van der Waals surface area contributed by atoms with Crippen molar-refractivity contribution in [3.8, 4) is 0 Å². The van der Waals surface area contributed by atoms with Crippen LogP contribution in [0.15, 0.2) is 0 Å². The van der Waals surface area contributed by atoms with Crippen molar-refractivity contribution in [1.29, 1.82) is 0 Å².